The lowest BCUT2D eigenvalue weighted by Crippen LogP contribution is -2.34. The van der Waals surface area contributed by atoms with Crippen LogP contribution in [-0.2, 0) is 0 Å². The van der Waals surface area contributed by atoms with Crippen LogP contribution in [0.2, 0.25) is 0 Å². The molecule has 166 valence electrons. The maximum absolute atomic E-state index is 13.2. The summed E-state index contributed by atoms with van der Waals surface area (Å²) in [6.07, 6.45) is 0. The van der Waals surface area contributed by atoms with E-state index in [0.717, 1.165) is 5.56 Å². The van der Waals surface area contributed by atoms with Gasteiger partial charge in [0.05, 0.1) is 10.6 Å². The summed E-state index contributed by atoms with van der Waals surface area (Å²) < 4.78 is 13.2. The Labute approximate surface area is 192 Å². The van der Waals surface area contributed by atoms with E-state index in [-0.39, 0.29) is 22.2 Å². The van der Waals surface area contributed by atoms with Crippen LogP contribution in [0.15, 0.2) is 54.6 Å². The maximum Gasteiger partial charge on any atom is 0.273 e. The van der Waals surface area contributed by atoms with Crippen molar-refractivity contribution in [1.29, 1.82) is 0 Å². The Morgan fingerprint density at radius 3 is 2.36 bits per heavy atom. The number of thiocarbonyl (C=S) groups is 1. The summed E-state index contributed by atoms with van der Waals surface area (Å²) in [7, 11) is 0. The summed E-state index contributed by atoms with van der Waals surface area (Å²) in [5, 5.41) is 25.4. The Morgan fingerprint density at radius 2 is 1.70 bits per heavy atom. The Morgan fingerprint density at radius 1 is 1.03 bits per heavy atom. The van der Waals surface area contributed by atoms with Crippen LogP contribution in [-0.4, -0.2) is 30.9 Å². The van der Waals surface area contributed by atoms with Crippen LogP contribution in [0.4, 0.5) is 15.8 Å². The summed E-state index contributed by atoms with van der Waals surface area (Å²) >= 11 is 5.25. The standard InChI is InChI=1S/C22H17FN6O3S/c1-12-3-4-14(10-20(12)29(31)32)21(30)25-22(33)24-17-11-19-18(9-13(17)2)26-28(27-19)16-7-5-15(23)6-8-16/h3-11H,1-2H3,(H2,24,25,30,33). The smallest absolute Gasteiger partial charge is 0.273 e. The number of nitro groups is 1. The molecule has 33 heavy (non-hydrogen) atoms. The van der Waals surface area contributed by atoms with Crippen LogP contribution in [0.5, 0.6) is 0 Å². The molecule has 3 aromatic carbocycles. The van der Waals surface area contributed by atoms with Crippen LogP contribution in [0.3, 0.4) is 0 Å². The molecule has 1 amide bonds. The van der Waals surface area contributed by atoms with E-state index < -0.39 is 10.8 Å². The van der Waals surface area contributed by atoms with Gasteiger partial charge in [-0.2, -0.15) is 4.80 Å². The molecule has 11 heteroatoms. The van der Waals surface area contributed by atoms with E-state index in [1.807, 2.05) is 6.92 Å². The number of amides is 1. The molecule has 2 N–H and O–H groups in total. The van der Waals surface area contributed by atoms with Gasteiger partial charge in [-0.15, -0.1) is 10.2 Å². The molecule has 0 aliphatic heterocycles. The number of hydrogen-bond acceptors (Lipinski definition) is 6. The monoisotopic (exact) mass is 464 g/mol. The van der Waals surface area contributed by atoms with E-state index in [4.69, 9.17) is 12.2 Å². The number of rotatable bonds is 4. The third-order valence-corrected chi connectivity index (χ3v) is 5.13. The summed E-state index contributed by atoms with van der Waals surface area (Å²) in [4.78, 5) is 24.5. The molecule has 4 rings (SSSR count). The van der Waals surface area contributed by atoms with Gasteiger partial charge in [-0.05, 0) is 74.1 Å². The molecule has 0 spiro atoms. The van der Waals surface area contributed by atoms with Crippen molar-refractivity contribution in [2.45, 2.75) is 13.8 Å². The molecule has 0 atom stereocenters. The fraction of sp³-hybridized carbons (Fsp3) is 0.0909. The minimum atomic E-state index is -0.573. The molecule has 0 bridgehead atoms. The number of anilines is 1. The highest BCUT2D eigenvalue weighted by molar-refractivity contribution is 7.80. The van der Waals surface area contributed by atoms with Crippen molar-refractivity contribution in [3.63, 3.8) is 0 Å². The largest absolute Gasteiger partial charge is 0.332 e. The zero-order valence-electron chi connectivity index (χ0n) is 17.5. The first-order valence-corrected chi connectivity index (χ1v) is 10.1. The van der Waals surface area contributed by atoms with Gasteiger partial charge in [-0.25, -0.2) is 4.39 Å². The normalized spacial score (nSPS) is 10.8. The van der Waals surface area contributed by atoms with Gasteiger partial charge in [-0.3, -0.25) is 20.2 Å². The van der Waals surface area contributed by atoms with Crippen LogP contribution in [0, 0.1) is 29.8 Å². The molecule has 0 radical (unpaired) electrons. The van der Waals surface area contributed by atoms with Crippen molar-refractivity contribution in [2.24, 2.45) is 0 Å². The number of carbonyl (C=O) groups excluding carboxylic acids is 1. The van der Waals surface area contributed by atoms with Crippen LogP contribution in [0.25, 0.3) is 16.7 Å². The quantitative estimate of drug-likeness (QED) is 0.264. The van der Waals surface area contributed by atoms with Gasteiger partial charge in [0.25, 0.3) is 11.6 Å². The lowest BCUT2D eigenvalue weighted by molar-refractivity contribution is -0.385. The van der Waals surface area contributed by atoms with Crippen molar-refractivity contribution in [3.8, 4) is 5.69 Å². The van der Waals surface area contributed by atoms with Gasteiger partial charge in [0.1, 0.15) is 16.9 Å². The SMILES string of the molecule is Cc1cc2nn(-c3ccc(F)cc3)nc2cc1NC(=S)NC(=O)c1ccc(C)c([N+](=O)[O-])c1. The third kappa shape index (κ3) is 4.67. The van der Waals surface area contributed by atoms with Gasteiger partial charge < -0.3 is 5.32 Å². The zero-order chi connectivity index (χ0) is 23.7. The van der Waals surface area contributed by atoms with Crippen LogP contribution in [0.1, 0.15) is 21.5 Å². The number of hydrogen-bond donors (Lipinski definition) is 2. The number of halogens is 1. The summed E-state index contributed by atoms with van der Waals surface area (Å²) in [6.45, 7) is 3.43. The first-order chi connectivity index (χ1) is 15.7. The molecule has 0 saturated carbocycles. The average molecular weight is 464 g/mol. The summed E-state index contributed by atoms with van der Waals surface area (Å²) in [5.41, 5.74) is 3.63. The topological polar surface area (TPSA) is 115 Å². The lowest BCUT2D eigenvalue weighted by atomic mass is 10.1. The van der Waals surface area contributed by atoms with E-state index in [9.17, 15) is 19.3 Å². The average Bonchev–Trinajstić information content (AvgIpc) is 3.17. The minimum absolute atomic E-state index is 0.0246. The summed E-state index contributed by atoms with van der Waals surface area (Å²) in [5.74, 6) is -0.926. The fourth-order valence-corrected chi connectivity index (χ4v) is 3.37. The molecule has 0 aliphatic rings. The molecule has 0 aliphatic carbocycles. The predicted molar refractivity (Wildman–Crippen MR) is 125 cm³/mol. The van der Waals surface area contributed by atoms with Crippen molar-refractivity contribution in [2.75, 3.05) is 5.32 Å². The molecular formula is C22H17FN6O3S. The number of benzene rings is 3. The zero-order valence-corrected chi connectivity index (χ0v) is 18.3. The second-order valence-corrected chi connectivity index (χ2v) is 7.70. The molecule has 1 aromatic heterocycles. The molecule has 4 aromatic rings. The van der Waals surface area contributed by atoms with E-state index >= 15 is 0 Å². The van der Waals surface area contributed by atoms with Crippen molar-refractivity contribution in [3.05, 3.63) is 87.2 Å². The van der Waals surface area contributed by atoms with Crippen molar-refractivity contribution < 1.29 is 14.1 Å². The van der Waals surface area contributed by atoms with Gasteiger partial charge in [-0.1, -0.05) is 6.07 Å². The van der Waals surface area contributed by atoms with Crippen molar-refractivity contribution in [1.82, 2.24) is 20.3 Å². The van der Waals surface area contributed by atoms with Crippen LogP contribution < -0.4 is 10.6 Å². The summed E-state index contributed by atoms with van der Waals surface area (Å²) in [6, 6.07) is 13.5. The Kier molecular flexibility index (Phi) is 5.80. The predicted octanol–water partition coefficient (Wildman–Crippen LogP) is 4.21. The highest BCUT2D eigenvalue weighted by atomic mass is 32.1. The number of carbonyl (C=O) groups is 1. The molecule has 9 nitrogen and oxygen atoms in total. The molecule has 0 unspecified atom stereocenters. The van der Waals surface area contributed by atoms with E-state index in [2.05, 4.69) is 20.8 Å². The Bertz CT molecular complexity index is 1420. The Balaban J connectivity index is 1.52. The molecule has 1 heterocycles. The number of nitro benzene ring substituents is 1. The van der Waals surface area contributed by atoms with Gasteiger partial charge in [0.2, 0.25) is 0 Å². The second kappa shape index (κ2) is 8.71. The first kappa shape index (κ1) is 22.0. The van der Waals surface area contributed by atoms with E-state index in [1.165, 1.54) is 35.1 Å². The first-order valence-electron chi connectivity index (χ1n) is 9.72. The molecular weight excluding hydrogens is 447 g/mol. The van der Waals surface area contributed by atoms with Crippen LogP contribution >= 0.6 is 12.2 Å². The number of nitrogens with zero attached hydrogens (tertiary/aromatic N) is 4. The highest BCUT2D eigenvalue weighted by Gasteiger charge is 2.16. The highest BCUT2D eigenvalue weighted by Crippen LogP contribution is 2.23. The molecule has 0 fully saturated rings. The number of aromatic nitrogens is 3. The van der Waals surface area contributed by atoms with Gasteiger partial charge >= 0.3 is 0 Å². The van der Waals surface area contributed by atoms with E-state index in [0.29, 0.717) is 28.0 Å². The van der Waals surface area contributed by atoms with Gasteiger partial charge in [0, 0.05) is 22.9 Å². The lowest BCUT2D eigenvalue weighted by Gasteiger charge is -2.12. The van der Waals surface area contributed by atoms with Gasteiger partial charge in [0.15, 0.2) is 5.11 Å². The maximum atomic E-state index is 13.2. The minimum Gasteiger partial charge on any atom is -0.332 e. The van der Waals surface area contributed by atoms with E-state index in [1.54, 1.807) is 31.2 Å². The number of nitrogens with one attached hydrogen (secondary N) is 2. The third-order valence-electron chi connectivity index (χ3n) is 4.93. The fourth-order valence-electron chi connectivity index (χ4n) is 3.17. The molecule has 0 saturated heterocycles. The Hall–Kier alpha value is -4.25. The van der Waals surface area contributed by atoms with Crippen molar-refractivity contribution >= 4 is 45.6 Å². The number of fused-ring (bicyclic) bond motifs is 1. The second-order valence-electron chi connectivity index (χ2n) is 7.29. The number of aryl methyl sites for hydroxylation is 2.